The standard InChI is InChI=1S/C39H26BrN3O2/c40-36-35(44-30-20-8-3-9-21-30)26-33-39(38(36)42(28-16-4-1-5-17-28)29-18-6-2-7-19-29)45-34-24-11-10-22-31(34)43(33)32-23-12-14-27-15-13-25-41-37(27)32/h1-26H. The molecule has 8 rings (SSSR count). The van der Waals surface area contributed by atoms with Gasteiger partial charge in [0.1, 0.15) is 17.2 Å². The molecule has 0 spiro atoms. The van der Waals surface area contributed by atoms with E-state index in [2.05, 4.69) is 80.3 Å². The van der Waals surface area contributed by atoms with Gasteiger partial charge in [-0.2, -0.15) is 0 Å². The van der Waals surface area contributed by atoms with E-state index in [0.29, 0.717) is 11.5 Å². The Hall–Kier alpha value is -5.59. The third-order valence-electron chi connectivity index (χ3n) is 7.77. The topological polar surface area (TPSA) is 37.8 Å². The van der Waals surface area contributed by atoms with E-state index in [1.807, 2.05) is 103 Å². The van der Waals surface area contributed by atoms with E-state index in [1.165, 1.54) is 0 Å². The Bertz CT molecular complexity index is 2100. The van der Waals surface area contributed by atoms with Gasteiger partial charge in [-0.3, -0.25) is 4.98 Å². The summed E-state index contributed by atoms with van der Waals surface area (Å²) in [7, 11) is 0. The van der Waals surface area contributed by atoms with Crippen molar-refractivity contribution >= 4 is 61.0 Å². The van der Waals surface area contributed by atoms with E-state index in [1.54, 1.807) is 0 Å². The number of pyridine rings is 1. The van der Waals surface area contributed by atoms with Crippen LogP contribution in [0.15, 0.2) is 162 Å². The van der Waals surface area contributed by atoms with Gasteiger partial charge >= 0.3 is 0 Å². The molecule has 0 radical (unpaired) electrons. The molecule has 2 heterocycles. The number of nitrogens with zero attached hydrogens (tertiary/aromatic N) is 3. The van der Waals surface area contributed by atoms with Gasteiger partial charge in [0.2, 0.25) is 0 Å². The van der Waals surface area contributed by atoms with E-state index in [-0.39, 0.29) is 0 Å². The molecular formula is C39H26BrN3O2. The van der Waals surface area contributed by atoms with Crippen LogP contribution in [0.4, 0.5) is 34.1 Å². The first-order valence-corrected chi connectivity index (χ1v) is 15.5. The Morgan fingerprint density at radius 3 is 1.98 bits per heavy atom. The molecule has 216 valence electrons. The van der Waals surface area contributed by atoms with E-state index in [4.69, 9.17) is 14.5 Å². The van der Waals surface area contributed by atoms with Crippen molar-refractivity contribution in [3.05, 3.63) is 162 Å². The van der Waals surface area contributed by atoms with Gasteiger partial charge in [-0.05, 0) is 76.6 Å². The van der Waals surface area contributed by atoms with Crippen LogP contribution in [0.5, 0.6) is 23.0 Å². The third kappa shape index (κ3) is 4.86. The first-order valence-electron chi connectivity index (χ1n) is 14.7. The van der Waals surface area contributed by atoms with Gasteiger partial charge in [-0.1, -0.05) is 84.9 Å². The van der Waals surface area contributed by atoms with Crippen LogP contribution >= 0.6 is 15.9 Å². The SMILES string of the molecule is Brc1c(Oc2ccccc2)cc2c(c1N(c1ccccc1)c1ccccc1)Oc1ccccc1N2c1cccc2cccnc12. The van der Waals surface area contributed by atoms with Crippen LogP contribution in [0.3, 0.4) is 0 Å². The Morgan fingerprint density at radius 1 is 0.622 bits per heavy atom. The molecule has 0 aliphatic carbocycles. The lowest BCUT2D eigenvalue weighted by Gasteiger charge is -2.37. The highest BCUT2D eigenvalue weighted by Crippen LogP contribution is 2.60. The minimum absolute atomic E-state index is 0.646. The average Bonchev–Trinajstić information content (AvgIpc) is 3.10. The van der Waals surface area contributed by atoms with Crippen LogP contribution in [-0.2, 0) is 0 Å². The van der Waals surface area contributed by atoms with Crippen molar-refractivity contribution in [3.63, 3.8) is 0 Å². The molecule has 0 saturated carbocycles. The van der Waals surface area contributed by atoms with Crippen molar-refractivity contribution in [1.29, 1.82) is 0 Å². The molecule has 5 nitrogen and oxygen atoms in total. The molecule has 6 aromatic carbocycles. The zero-order chi connectivity index (χ0) is 30.2. The normalized spacial score (nSPS) is 11.8. The van der Waals surface area contributed by atoms with Gasteiger partial charge in [-0.15, -0.1) is 0 Å². The predicted molar refractivity (Wildman–Crippen MR) is 185 cm³/mol. The average molecular weight is 649 g/mol. The number of hydrogen-bond donors (Lipinski definition) is 0. The number of aromatic nitrogens is 1. The smallest absolute Gasteiger partial charge is 0.176 e. The van der Waals surface area contributed by atoms with Gasteiger partial charge < -0.3 is 19.3 Å². The highest BCUT2D eigenvalue weighted by Gasteiger charge is 2.34. The number of anilines is 6. The molecule has 0 N–H and O–H groups in total. The fraction of sp³-hybridized carbons (Fsp3) is 0. The maximum atomic E-state index is 6.89. The Kier molecular flexibility index (Phi) is 6.89. The van der Waals surface area contributed by atoms with E-state index < -0.39 is 0 Å². The summed E-state index contributed by atoms with van der Waals surface area (Å²) in [6.07, 6.45) is 1.84. The maximum absolute atomic E-state index is 6.89. The predicted octanol–water partition coefficient (Wildman–Crippen LogP) is 11.8. The van der Waals surface area contributed by atoms with Gasteiger partial charge in [-0.25, -0.2) is 0 Å². The lowest BCUT2D eigenvalue weighted by Crippen LogP contribution is -2.20. The van der Waals surface area contributed by atoms with Crippen LogP contribution in [0.1, 0.15) is 0 Å². The fourth-order valence-corrected chi connectivity index (χ4v) is 6.36. The van der Waals surface area contributed by atoms with Crippen LogP contribution in [0.2, 0.25) is 0 Å². The van der Waals surface area contributed by atoms with Crippen molar-refractivity contribution in [1.82, 2.24) is 4.98 Å². The zero-order valence-electron chi connectivity index (χ0n) is 24.0. The first-order chi connectivity index (χ1) is 22.3. The fourth-order valence-electron chi connectivity index (χ4n) is 5.80. The summed E-state index contributed by atoms with van der Waals surface area (Å²) in [5.41, 5.74) is 6.33. The second kappa shape index (κ2) is 11.5. The van der Waals surface area contributed by atoms with Crippen LogP contribution in [-0.4, -0.2) is 4.98 Å². The summed E-state index contributed by atoms with van der Waals surface area (Å²) in [5.74, 6) is 2.80. The minimum atomic E-state index is 0.646. The minimum Gasteiger partial charge on any atom is -0.456 e. The number of ether oxygens (including phenoxy) is 2. The number of benzene rings is 6. The van der Waals surface area contributed by atoms with Crippen molar-refractivity contribution in [3.8, 4) is 23.0 Å². The van der Waals surface area contributed by atoms with Crippen molar-refractivity contribution in [2.45, 2.75) is 0 Å². The highest BCUT2D eigenvalue weighted by atomic mass is 79.9. The summed E-state index contributed by atoms with van der Waals surface area (Å²) >= 11 is 3.99. The first kappa shape index (κ1) is 27.0. The number of rotatable bonds is 6. The summed E-state index contributed by atoms with van der Waals surface area (Å²) in [6.45, 7) is 0. The lowest BCUT2D eigenvalue weighted by molar-refractivity contribution is 0.464. The second-order valence-electron chi connectivity index (χ2n) is 10.6. The quantitative estimate of drug-likeness (QED) is 0.179. The van der Waals surface area contributed by atoms with Gasteiger partial charge in [0.05, 0.1) is 27.1 Å². The summed E-state index contributed by atoms with van der Waals surface area (Å²) in [6, 6.07) is 50.9. The molecule has 0 atom stereocenters. The molecule has 1 aliphatic rings. The second-order valence-corrected chi connectivity index (χ2v) is 11.4. The Morgan fingerprint density at radius 2 is 1.24 bits per heavy atom. The molecule has 0 bridgehead atoms. The number of halogens is 1. The number of para-hydroxylation sites is 6. The summed E-state index contributed by atoms with van der Waals surface area (Å²) in [5, 5.41) is 1.05. The lowest BCUT2D eigenvalue weighted by atomic mass is 10.1. The van der Waals surface area contributed by atoms with Gasteiger partial charge in [0.15, 0.2) is 11.5 Å². The molecule has 7 aromatic rings. The maximum Gasteiger partial charge on any atom is 0.176 e. The Balaban J connectivity index is 1.46. The molecular weight excluding hydrogens is 622 g/mol. The number of fused-ring (bicyclic) bond motifs is 3. The van der Waals surface area contributed by atoms with Gasteiger partial charge in [0.25, 0.3) is 0 Å². The van der Waals surface area contributed by atoms with E-state index in [9.17, 15) is 0 Å². The van der Waals surface area contributed by atoms with Crippen molar-refractivity contribution in [2.24, 2.45) is 0 Å². The summed E-state index contributed by atoms with van der Waals surface area (Å²) in [4.78, 5) is 9.26. The van der Waals surface area contributed by atoms with Crippen LogP contribution in [0.25, 0.3) is 10.9 Å². The largest absolute Gasteiger partial charge is 0.456 e. The monoisotopic (exact) mass is 647 g/mol. The summed E-state index contributed by atoms with van der Waals surface area (Å²) < 4.78 is 14.3. The highest BCUT2D eigenvalue weighted by molar-refractivity contribution is 9.10. The Labute approximate surface area is 269 Å². The number of hydrogen-bond acceptors (Lipinski definition) is 5. The molecule has 45 heavy (non-hydrogen) atoms. The van der Waals surface area contributed by atoms with Gasteiger partial charge in [0, 0.05) is 29.0 Å². The van der Waals surface area contributed by atoms with E-state index >= 15 is 0 Å². The molecule has 1 aliphatic heterocycles. The molecule has 0 saturated heterocycles. The molecule has 1 aromatic heterocycles. The van der Waals surface area contributed by atoms with Crippen molar-refractivity contribution in [2.75, 3.05) is 9.80 Å². The molecule has 0 amide bonds. The van der Waals surface area contributed by atoms with Crippen molar-refractivity contribution < 1.29 is 9.47 Å². The third-order valence-corrected chi connectivity index (χ3v) is 8.54. The van der Waals surface area contributed by atoms with Crippen LogP contribution < -0.4 is 19.3 Å². The zero-order valence-corrected chi connectivity index (χ0v) is 25.6. The molecule has 6 heteroatoms. The molecule has 0 unspecified atom stereocenters. The molecule has 0 fully saturated rings. The van der Waals surface area contributed by atoms with Crippen LogP contribution in [0, 0.1) is 0 Å². The van der Waals surface area contributed by atoms with E-state index in [0.717, 1.165) is 61.0 Å².